The van der Waals surface area contributed by atoms with Crippen LogP contribution in [0.4, 0.5) is 5.69 Å². The number of nitrogens with zero attached hydrogens (tertiary/aromatic N) is 1. The zero-order valence-electron chi connectivity index (χ0n) is 16.7. The van der Waals surface area contributed by atoms with Crippen LogP contribution in [0.1, 0.15) is 17.5 Å². The van der Waals surface area contributed by atoms with Gasteiger partial charge < -0.3 is 18.9 Å². The lowest BCUT2D eigenvalue weighted by Gasteiger charge is -2.14. The number of ether oxygens (including phenoxy) is 4. The van der Waals surface area contributed by atoms with Crippen molar-refractivity contribution >= 4 is 23.5 Å². The molecular weight excluding hydrogens is 394 g/mol. The van der Waals surface area contributed by atoms with E-state index in [1.54, 1.807) is 18.2 Å². The van der Waals surface area contributed by atoms with Crippen LogP contribution in [-0.4, -0.2) is 38.0 Å². The van der Waals surface area contributed by atoms with Gasteiger partial charge in [-0.15, -0.1) is 0 Å². The highest BCUT2D eigenvalue weighted by Crippen LogP contribution is 2.38. The summed E-state index contributed by atoms with van der Waals surface area (Å²) in [6.07, 6.45) is 1.91. The average Bonchev–Trinajstić information content (AvgIpc) is 2.75. The predicted octanol–water partition coefficient (Wildman–Crippen LogP) is 3.34. The summed E-state index contributed by atoms with van der Waals surface area (Å²) in [6, 6.07) is 9.23. The summed E-state index contributed by atoms with van der Waals surface area (Å²) in [5.41, 5.74) is 0.717. The van der Waals surface area contributed by atoms with Gasteiger partial charge in [-0.05, 0) is 35.9 Å². The normalized spacial score (nSPS) is 10.5. The Morgan fingerprint density at radius 2 is 1.67 bits per heavy atom. The van der Waals surface area contributed by atoms with Crippen LogP contribution in [0.5, 0.6) is 17.2 Å². The highest BCUT2D eigenvalue weighted by Gasteiger charge is 2.15. The standard InChI is InChI=1S/C21H21NO8/c1-27-18-10-14(11-19(28-2)21(18)29-3)13-30-20(24)12-16(23)9-8-15-6-4-5-7-17(15)22(25)26/h4-11H,12-13H2,1-3H3. The molecule has 2 aromatic carbocycles. The SMILES string of the molecule is COc1cc(COC(=O)CC(=O)C=Cc2ccccc2[N+](=O)[O-])cc(OC)c1OC. The topological polar surface area (TPSA) is 114 Å². The van der Waals surface area contributed by atoms with Gasteiger partial charge in [0.1, 0.15) is 13.0 Å². The van der Waals surface area contributed by atoms with E-state index in [0.29, 0.717) is 22.8 Å². The molecule has 0 bridgehead atoms. The van der Waals surface area contributed by atoms with Crippen LogP contribution in [0.15, 0.2) is 42.5 Å². The van der Waals surface area contributed by atoms with Crippen LogP contribution in [0.2, 0.25) is 0 Å². The molecule has 0 unspecified atom stereocenters. The first-order valence-corrected chi connectivity index (χ1v) is 8.78. The number of allylic oxidation sites excluding steroid dienone is 1. The van der Waals surface area contributed by atoms with Gasteiger partial charge in [0.15, 0.2) is 17.3 Å². The number of rotatable bonds is 10. The molecule has 0 radical (unpaired) electrons. The van der Waals surface area contributed by atoms with Crippen molar-refractivity contribution in [2.24, 2.45) is 0 Å². The van der Waals surface area contributed by atoms with Gasteiger partial charge in [-0.25, -0.2) is 0 Å². The number of nitro benzene ring substituents is 1. The van der Waals surface area contributed by atoms with Gasteiger partial charge >= 0.3 is 5.97 Å². The van der Waals surface area contributed by atoms with Gasteiger partial charge in [0, 0.05) is 6.07 Å². The summed E-state index contributed by atoms with van der Waals surface area (Å²) in [7, 11) is 4.41. The number of nitro groups is 1. The molecular formula is C21H21NO8. The minimum absolute atomic E-state index is 0.100. The molecule has 0 aliphatic carbocycles. The predicted molar refractivity (Wildman–Crippen MR) is 108 cm³/mol. The highest BCUT2D eigenvalue weighted by atomic mass is 16.6. The van der Waals surface area contributed by atoms with E-state index in [1.807, 2.05) is 0 Å². The molecule has 2 aromatic rings. The lowest BCUT2D eigenvalue weighted by atomic mass is 10.1. The van der Waals surface area contributed by atoms with E-state index in [4.69, 9.17) is 18.9 Å². The van der Waals surface area contributed by atoms with E-state index in [1.165, 1.54) is 45.6 Å². The van der Waals surface area contributed by atoms with Gasteiger partial charge in [0.05, 0.1) is 31.8 Å². The molecule has 0 spiro atoms. The third kappa shape index (κ3) is 5.81. The fraction of sp³-hybridized carbons (Fsp3) is 0.238. The second kappa shape index (κ2) is 10.6. The molecule has 9 heteroatoms. The minimum atomic E-state index is -0.735. The van der Waals surface area contributed by atoms with Crippen molar-refractivity contribution in [1.82, 2.24) is 0 Å². The van der Waals surface area contributed by atoms with Crippen molar-refractivity contribution < 1.29 is 33.5 Å². The Kier molecular flexibility index (Phi) is 7.92. The monoisotopic (exact) mass is 415 g/mol. The third-order valence-electron chi connectivity index (χ3n) is 4.03. The smallest absolute Gasteiger partial charge is 0.314 e. The first kappa shape index (κ1) is 22.4. The Morgan fingerprint density at radius 3 is 2.23 bits per heavy atom. The zero-order valence-corrected chi connectivity index (χ0v) is 16.7. The number of benzene rings is 2. The molecule has 0 aromatic heterocycles. The Hall–Kier alpha value is -3.88. The molecule has 30 heavy (non-hydrogen) atoms. The van der Waals surface area contributed by atoms with E-state index in [-0.39, 0.29) is 17.9 Å². The first-order valence-electron chi connectivity index (χ1n) is 8.78. The first-order chi connectivity index (χ1) is 14.4. The maximum atomic E-state index is 12.0. The van der Waals surface area contributed by atoms with E-state index in [2.05, 4.69) is 0 Å². The molecule has 0 saturated heterocycles. The molecule has 0 aliphatic heterocycles. The minimum Gasteiger partial charge on any atom is -0.493 e. The maximum Gasteiger partial charge on any atom is 0.314 e. The van der Waals surface area contributed by atoms with Gasteiger partial charge in [-0.3, -0.25) is 19.7 Å². The van der Waals surface area contributed by atoms with E-state index >= 15 is 0 Å². The van der Waals surface area contributed by atoms with Gasteiger partial charge in [0.2, 0.25) is 5.75 Å². The Balaban J connectivity index is 1.98. The number of ketones is 1. The molecule has 9 nitrogen and oxygen atoms in total. The summed E-state index contributed by atoms with van der Waals surface area (Å²) < 4.78 is 20.8. The largest absolute Gasteiger partial charge is 0.493 e. The second-order valence-corrected chi connectivity index (χ2v) is 5.99. The van der Waals surface area contributed by atoms with Crippen molar-refractivity contribution in [3.05, 3.63) is 63.7 Å². The number of hydrogen-bond acceptors (Lipinski definition) is 8. The molecule has 0 atom stereocenters. The fourth-order valence-electron chi connectivity index (χ4n) is 2.61. The Labute approximate surface area is 173 Å². The van der Waals surface area contributed by atoms with Crippen LogP contribution in [0.3, 0.4) is 0 Å². The van der Waals surface area contributed by atoms with E-state index < -0.39 is 23.1 Å². The van der Waals surface area contributed by atoms with Crippen LogP contribution < -0.4 is 14.2 Å². The summed E-state index contributed by atoms with van der Waals surface area (Å²) in [5.74, 6) is -0.0490. The molecule has 158 valence electrons. The lowest BCUT2D eigenvalue weighted by Crippen LogP contribution is -2.10. The Bertz CT molecular complexity index is 942. The van der Waals surface area contributed by atoms with Crippen molar-refractivity contribution in [3.63, 3.8) is 0 Å². The lowest BCUT2D eigenvalue weighted by molar-refractivity contribution is -0.385. The highest BCUT2D eigenvalue weighted by molar-refractivity contribution is 6.04. The van der Waals surface area contributed by atoms with E-state index in [9.17, 15) is 19.7 Å². The van der Waals surface area contributed by atoms with Crippen molar-refractivity contribution in [2.75, 3.05) is 21.3 Å². The number of para-hydroxylation sites is 1. The number of carbonyl (C=O) groups is 2. The number of methoxy groups -OCH3 is 3. The molecule has 2 rings (SSSR count). The van der Waals surface area contributed by atoms with Gasteiger partial charge in [-0.2, -0.15) is 0 Å². The maximum absolute atomic E-state index is 12.0. The van der Waals surface area contributed by atoms with Crippen molar-refractivity contribution in [1.29, 1.82) is 0 Å². The quantitative estimate of drug-likeness (QED) is 0.191. The summed E-state index contributed by atoms with van der Waals surface area (Å²) in [5, 5.41) is 11.0. The Morgan fingerprint density at radius 1 is 1.03 bits per heavy atom. The molecule has 0 N–H and O–H groups in total. The molecule has 0 aliphatic rings. The third-order valence-corrected chi connectivity index (χ3v) is 4.03. The van der Waals surface area contributed by atoms with Crippen molar-refractivity contribution in [3.8, 4) is 17.2 Å². The molecule has 0 fully saturated rings. The van der Waals surface area contributed by atoms with Crippen LogP contribution >= 0.6 is 0 Å². The van der Waals surface area contributed by atoms with Gasteiger partial charge in [-0.1, -0.05) is 12.1 Å². The zero-order chi connectivity index (χ0) is 22.1. The van der Waals surface area contributed by atoms with Gasteiger partial charge in [0.25, 0.3) is 5.69 Å². The number of hydrogen-bond donors (Lipinski definition) is 0. The summed E-state index contributed by atoms with van der Waals surface area (Å²) >= 11 is 0. The molecule has 0 saturated carbocycles. The van der Waals surface area contributed by atoms with E-state index in [0.717, 1.165) is 6.08 Å². The van der Waals surface area contributed by atoms with Crippen LogP contribution in [-0.2, 0) is 20.9 Å². The second-order valence-electron chi connectivity index (χ2n) is 5.99. The number of esters is 1. The molecule has 0 amide bonds. The summed E-state index contributed by atoms with van der Waals surface area (Å²) in [4.78, 5) is 34.4. The van der Waals surface area contributed by atoms with Crippen molar-refractivity contribution in [2.45, 2.75) is 13.0 Å². The fourth-order valence-corrected chi connectivity index (χ4v) is 2.61. The summed E-state index contributed by atoms with van der Waals surface area (Å²) in [6.45, 7) is -0.100. The number of carbonyl (C=O) groups excluding carboxylic acids is 2. The van der Waals surface area contributed by atoms with Crippen LogP contribution in [0.25, 0.3) is 6.08 Å². The molecule has 0 heterocycles. The van der Waals surface area contributed by atoms with Crippen LogP contribution in [0, 0.1) is 10.1 Å². The average molecular weight is 415 g/mol.